The van der Waals surface area contributed by atoms with Gasteiger partial charge in [-0.05, 0) is 58.6 Å². The number of hydrogen-bond acceptors (Lipinski definition) is 2. The highest BCUT2D eigenvalue weighted by Gasteiger charge is 2.25. The van der Waals surface area contributed by atoms with Crippen molar-refractivity contribution < 1.29 is 0 Å². The van der Waals surface area contributed by atoms with Crippen molar-refractivity contribution in [2.45, 2.75) is 0 Å². The van der Waals surface area contributed by atoms with Crippen LogP contribution in [-0.2, 0) is 0 Å². The molecule has 13 rings (SSSR count). The van der Waals surface area contributed by atoms with Crippen LogP contribution >= 0.6 is 0 Å². The van der Waals surface area contributed by atoms with Gasteiger partial charge in [0, 0.05) is 54.5 Å². The molecule has 0 atom stereocenters. The van der Waals surface area contributed by atoms with E-state index in [1.807, 2.05) is 24.3 Å². The first-order chi connectivity index (χ1) is 27.8. The van der Waals surface area contributed by atoms with Gasteiger partial charge in [0.25, 0.3) is 0 Å². The number of nitrogens with zero attached hydrogens (tertiary/aromatic N) is 4. The van der Waals surface area contributed by atoms with Gasteiger partial charge in [0.2, 0.25) is 0 Å². The summed E-state index contributed by atoms with van der Waals surface area (Å²) in [7, 11) is 0. The van der Waals surface area contributed by atoms with Crippen molar-refractivity contribution in [1.82, 2.24) is 18.9 Å². The number of benzene rings is 9. The first-order valence-corrected chi connectivity index (χ1v) is 19.2. The highest BCUT2D eigenvalue weighted by molar-refractivity contribution is 6.37. The van der Waals surface area contributed by atoms with Crippen molar-refractivity contribution in [3.05, 3.63) is 182 Å². The average Bonchev–Trinajstić information content (AvgIpc) is 3.90. The quantitative estimate of drug-likeness (QED) is 0.183. The second kappa shape index (κ2) is 11.0. The van der Waals surface area contributed by atoms with Gasteiger partial charge in [-0.25, -0.2) is 9.97 Å². The van der Waals surface area contributed by atoms with E-state index in [1.165, 1.54) is 76.1 Å². The second-order valence-corrected chi connectivity index (χ2v) is 14.9. The third-order valence-corrected chi connectivity index (χ3v) is 12.0. The van der Waals surface area contributed by atoms with Crippen LogP contribution in [0.15, 0.2) is 182 Å². The van der Waals surface area contributed by atoms with Crippen LogP contribution in [0, 0.1) is 0 Å². The van der Waals surface area contributed by atoms with Gasteiger partial charge >= 0.3 is 0 Å². The lowest BCUT2D eigenvalue weighted by Gasteiger charge is -2.14. The van der Waals surface area contributed by atoms with Crippen LogP contribution in [-0.4, -0.2) is 18.9 Å². The number of fused-ring (bicyclic) bond motifs is 14. The van der Waals surface area contributed by atoms with Crippen LogP contribution in [0.25, 0.3) is 121 Å². The predicted octanol–water partition coefficient (Wildman–Crippen LogP) is 13.5. The zero-order valence-electron chi connectivity index (χ0n) is 30.1. The van der Waals surface area contributed by atoms with Crippen molar-refractivity contribution in [2.24, 2.45) is 0 Å². The summed E-state index contributed by atoms with van der Waals surface area (Å²) in [5.41, 5.74) is 12.9. The summed E-state index contributed by atoms with van der Waals surface area (Å²) in [6.45, 7) is 0. The molecule has 0 radical (unpaired) electrons. The molecule has 0 spiro atoms. The van der Waals surface area contributed by atoms with Crippen molar-refractivity contribution >= 4 is 92.5 Å². The lowest BCUT2D eigenvalue weighted by Crippen LogP contribution is -1.97. The highest BCUT2D eigenvalue weighted by atomic mass is 15.0. The lowest BCUT2D eigenvalue weighted by atomic mass is 9.98. The molecule has 9 aromatic carbocycles. The fraction of sp³-hybridized carbons (Fsp3) is 0. The summed E-state index contributed by atoms with van der Waals surface area (Å²) in [6, 6.07) is 65.7. The Bertz CT molecular complexity index is 3750. The van der Waals surface area contributed by atoms with Gasteiger partial charge in [0.05, 0.1) is 50.0 Å². The zero-order chi connectivity index (χ0) is 36.5. The molecule has 0 bridgehead atoms. The van der Waals surface area contributed by atoms with Gasteiger partial charge in [-0.3, -0.25) is 0 Å². The minimum Gasteiger partial charge on any atom is -0.309 e. The Kier molecular flexibility index (Phi) is 5.86. The molecule has 4 heteroatoms. The molecule has 0 N–H and O–H groups in total. The fourth-order valence-corrected chi connectivity index (χ4v) is 9.63. The lowest BCUT2D eigenvalue weighted by molar-refractivity contribution is 1.18. The van der Waals surface area contributed by atoms with Crippen molar-refractivity contribution in [3.63, 3.8) is 0 Å². The van der Waals surface area contributed by atoms with Crippen LogP contribution in [0.1, 0.15) is 0 Å². The van der Waals surface area contributed by atoms with E-state index in [4.69, 9.17) is 9.97 Å². The maximum Gasteiger partial charge on any atom is 0.0979 e. The van der Waals surface area contributed by atoms with Gasteiger partial charge in [-0.15, -0.1) is 0 Å². The molecule has 0 unspecified atom stereocenters. The molecule has 0 saturated heterocycles. The minimum absolute atomic E-state index is 0.875. The molecular formula is C52H30N4. The summed E-state index contributed by atoms with van der Waals surface area (Å²) < 4.78 is 4.98. The summed E-state index contributed by atoms with van der Waals surface area (Å²) in [5, 5.41) is 12.6. The van der Waals surface area contributed by atoms with Crippen molar-refractivity contribution in [2.75, 3.05) is 0 Å². The van der Waals surface area contributed by atoms with E-state index in [-0.39, 0.29) is 0 Å². The van der Waals surface area contributed by atoms with Gasteiger partial charge in [-0.2, -0.15) is 0 Å². The zero-order valence-corrected chi connectivity index (χ0v) is 30.1. The van der Waals surface area contributed by atoms with E-state index < -0.39 is 0 Å². The van der Waals surface area contributed by atoms with Crippen molar-refractivity contribution in [1.29, 1.82) is 0 Å². The molecule has 0 fully saturated rings. The SMILES string of the molecule is c1ccc2c(-c3nc4ccccc4nc3-c3ccc(-n4c5ccccc5c5c6c7ccc8ccccc8c7n7c8ccccc8c(cc54)c67)cc3)cccc2c1. The molecule has 4 heterocycles. The topological polar surface area (TPSA) is 35.1 Å². The largest absolute Gasteiger partial charge is 0.309 e. The molecule has 4 aromatic heterocycles. The van der Waals surface area contributed by atoms with Gasteiger partial charge in [0.15, 0.2) is 0 Å². The average molecular weight is 711 g/mol. The Morgan fingerprint density at radius 2 is 0.982 bits per heavy atom. The Labute approximate surface area is 320 Å². The van der Waals surface area contributed by atoms with Crippen molar-refractivity contribution in [3.8, 4) is 28.2 Å². The Morgan fingerprint density at radius 3 is 1.79 bits per heavy atom. The Balaban J connectivity index is 1.09. The monoisotopic (exact) mass is 710 g/mol. The van der Waals surface area contributed by atoms with E-state index in [0.717, 1.165) is 44.6 Å². The molecule has 13 aromatic rings. The third kappa shape index (κ3) is 3.92. The summed E-state index contributed by atoms with van der Waals surface area (Å²) >= 11 is 0. The molecule has 0 aliphatic rings. The first-order valence-electron chi connectivity index (χ1n) is 19.2. The molecular weight excluding hydrogens is 681 g/mol. The van der Waals surface area contributed by atoms with Gasteiger partial charge in [0.1, 0.15) is 0 Å². The molecule has 56 heavy (non-hydrogen) atoms. The summed E-state index contributed by atoms with van der Waals surface area (Å²) in [4.78, 5) is 10.5. The second-order valence-electron chi connectivity index (χ2n) is 14.9. The Morgan fingerprint density at radius 1 is 0.357 bits per heavy atom. The molecule has 0 saturated carbocycles. The summed E-state index contributed by atoms with van der Waals surface area (Å²) in [6.07, 6.45) is 0. The Hall–Kier alpha value is -7.56. The van der Waals surface area contributed by atoms with E-state index in [1.54, 1.807) is 0 Å². The number of aromatic nitrogens is 4. The normalized spacial score (nSPS) is 12.3. The number of para-hydroxylation sites is 4. The van der Waals surface area contributed by atoms with E-state index >= 15 is 0 Å². The van der Waals surface area contributed by atoms with E-state index in [2.05, 4.69) is 167 Å². The summed E-state index contributed by atoms with van der Waals surface area (Å²) in [5.74, 6) is 0. The molecule has 0 aliphatic heterocycles. The van der Waals surface area contributed by atoms with Crippen LogP contribution in [0.5, 0.6) is 0 Å². The van der Waals surface area contributed by atoms with Crippen LogP contribution in [0.2, 0.25) is 0 Å². The first kappa shape index (κ1) is 29.8. The van der Waals surface area contributed by atoms with E-state index in [9.17, 15) is 0 Å². The van der Waals surface area contributed by atoms with Gasteiger partial charge < -0.3 is 8.97 Å². The van der Waals surface area contributed by atoms with Crippen LogP contribution in [0.3, 0.4) is 0 Å². The number of hydrogen-bond donors (Lipinski definition) is 0. The fourth-order valence-electron chi connectivity index (χ4n) is 9.63. The molecule has 258 valence electrons. The van der Waals surface area contributed by atoms with Crippen LogP contribution < -0.4 is 0 Å². The maximum atomic E-state index is 5.28. The maximum absolute atomic E-state index is 5.28. The molecule has 0 amide bonds. The molecule has 4 nitrogen and oxygen atoms in total. The van der Waals surface area contributed by atoms with E-state index in [0.29, 0.717) is 0 Å². The number of rotatable bonds is 3. The standard InChI is InChI=1S/C52H30N4/c1-3-15-35-31(12-1)14-11-19-38(35)50-49(53-42-20-7-8-21-43(42)54-50)33-24-27-34(28-25-33)55-45-23-10-6-18-39(45)47-46(55)30-41-37-17-5-9-22-44(37)56-51-36-16-4-2-13-32(36)26-29-40(51)48(47)52(41)56/h1-30H. The third-order valence-electron chi connectivity index (χ3n) is 12.0. The highest BCUT2D eigenvalue weighted by Crippen LogP contribution is 2.48. The predicted molar refractivity (Wildman–Crippen MR) is 234 cm³/mol. The van der Waals surface area contributed by atoms with Gasteiger partial charge in [-0.1, -0.05) is 140 Å². The smallest absolute Gasteiger partial charge is 0.0979 e. The minimum atomic E-state index is 0.875. The van der Waals surface area contributed by atoms with Crippen LogP contribution in [0.4, 0.5) is 0 Å². The molecule has 0 aliphatic carbocycles.